The third-order valence-electron chi connectivity index (χ3n) is 7.96. The first-order valence-corrected chi connectivity index (χ1v) is 13.8. The van der Waals surface area contributed by atoms with E-state index in [1.807, 2.05) is 20.8 Å². The molecule has 1 saturated carbocycles. The molecule has 2 N–H and O–H groups in total. The minimum absolute atomic E-state index is 0.267. The number of carbonyl (C=O) groups is 2. The number of nitriles is 1. The number of hydrogen-bond acceptors (Lipinski definition) is 7. The first-order chi connectivity index (χ1) is 20.0. The number of anilines is 1. The first kappa shape index (κ1) is 32.1. The molecule has 2 fully saturated rings. The Morgan fingerprint density at radius 1 is 1.12 bits per heavy atom. The third-order valence-corrected chi connectivity index (χ3v) is 7.96. The molecular weight excluding hydrogens is 575 g/mol. The highest BCUT2D eigenvalue weighted by molar-refractivity contribution is 6.07. The molecule has 1 aromatic carbocycles. The van der Waals surface area contributed by atoms with Crippen LogP contribution in [0.5, 0.6) is 0 Å². The molecule has 2 aliphatic rings. The molecule has 1 aliphatic heterocycles. The van der Waals surface area contributed by atoms with Crippen LogP contribution in [0.1, 0.15) is 64.1 Å². The predicted molar refractivity (Wildman–Crippen MR) is 144 cm³/mol. The molecule has 1 aliphatic carbocycles. The summed E-state index contributed by atoms with van der Waals surface area (Å²) in [6, 6.07) is 3.02. The van der Waals surface area contributed by atoms with Gasteiger partial charge in [0.15, 0.2) is 6.19 Å². The Bertz CT molecular complexity index is 1350. The summed E-state index contributed by atoms with van der Waals surface area (Å²) in [4.78, 5) is 37.1. The standard InChI is InChI=1S/C29H33F5N6O3/c1-26(2,3)18-4-6-20(7-5-18)40(24(42)22-14-21(41)16-39(22)17-35)28(29(32,33)34,23-15-36-12-13-37-23)25(43)38-19-8-10-27(30,31)11-9-19/h4-7,12-13,15,19,21-22,41H,8-11,14,16H2,1-3H3,(H,38,43). The summed E-state index contributed by atoms with van der Waals surface area (Å²) < 4.78 is 74.8. The number of aliphatic hydroxyl groups is 1. The third kappa shape index (κ3) is 6.27. The zero-order valence-electron chi connectivity index (χ0n) is 23.9. The van der Waals surface area contributed by atoms with Crippen LogP contribution in [-0.4, -0.2) is 68.6 Å². The highest BCUT2D eigenvalue weighted by Crippen LogP contribution is 2.47. The Hall–Kier alpha value is -3.86. The van der Waals surface area contributed by atoms with E-state index in [2.05, 4.69) is 15.3 Å². The SMILES string of the molecule is CC(C)(C)c1ccc(N(C(=O)C2CC(O)CN2C#N)C(C(=O)NC2CCC(F)(F)CC2)(c2cnccn2)C(F)(F)F)cc1. The van der Waals surface area contributed by atoms with E-state index in [1.165, 1.54) is 24.3 Å². The van der Waals surface area contributed by atoms with Gasteiger partial charge >= 0.3 is 6.18 Å². The molecule has 43 heavy (non-hydrogen) atoms. The van der Waals surface area contributed by atoms with Crippen molar-refractivity contribution in [2.24, 2.45) is 0 Å². The molecule has 3 atom stereocenters. The Kier molecular flexibility index (Phi) is 8.70. The lowest BCUT2D eigenvalue weighted by molar-refractivity contribution is -0.199. The maximum absolute atomic E-state index is 15.7. The van der Waals surface area contributed by atoms with Gasteiger partial charge in [0.2, 0.25) is 5.92 Å². The first-order valence-electron chi connectivity index (χ1n) is 13.8. The summed E-state index contributed by atoms with van der Waals surface area (Å²) in [7, 11) is 0. The Labute approximate surface area is 245 Å². The van der Waals surface area contributed by atoms with Crippen LogP contribution >= 0.6 is 0 Å². The minimum atomic E-state index is -5.53. The zero-order chi connectivity index (χ0) is 31.8. The fraction of sp³-hybridized carbons (Fsp3) is 0.552. The number of nitrogens with zero attached hydrogens (tertiary/aromatic N) is 5. The van der Waals surface area contributed by atoms with E-state index in [0.29, 0.717) is 0 Å². The minimum Gasteiger partial charge on any atom is -0.391 e. The van der Waals surface area contributed by atoms with Crippen molar-refractivity contribution in [3.8, 4) is 6.19 Å². The van der Waals surface area contributed by atoms with Crippen molar-refractivity contribution in [1.29, 1.82) is 5.26 Å². The lowest BCUT2D eigenvalue weighted by Gasteiger charge is -2.45. The van der Waals surface area contributed by atoms with Gasteiger partial charge in [0.1, 0.15) is 11.7 Å². The van der Waals surface area contributed by atoms with Crippen LogP contribution in [0.25, 0.3) is 0 Å². The van der Waals surface area contributed by atoms with Crippen LogP contribution in [0.3, 0.4) is 0 Å². The molecule has 9 nitrogen and oxygen atoms in total. The summed E-state index contributed by atoms with van der Waals surface area (Å²) in [5, 5.41) is 22.2. The van der Waals surface area contributed by atoms with Crippen LogP contribution in [0.15, 0.2) is 42.9 Å². The monoisotopic (exact) mass is 608 g/mol. The van der Waals surface area contributed by atoms with E-state index in [1.54, 1.807) is 6.19 Å². The van der Waals surface area contributed by atoms with Gasteiger partial charge in [-0.1, -0.05) is 32.9 Å². The molecule has 232 valence electrons. The second kappa shape index (κ2) is 11.7. The number of aliphatic hydroxyl groups excluding tert-OH is 1. The van der Waals surface area contributed by atoms with Gasteiger partial charge in [0.25, 0.3) is 17.4 Å². The molecule has 3 unspecified atom stereocenters. The summed E-state index contributed by atoms with van der Waals surface area (Å²) in [5.41, 5.74) is -4.77. The van der Waals surface area contributed by atoms with Gasteiger partial charge in [0.05, 0.1) is 18.8 Å². The van der Waals surface area contributed by atoms with Crippen LogP contribution in [0.2, 0.25) is 0 Å². The smallest absolute Gasteiger partial charge is 0.391 e. The summed E-state index contributed by atoms with van der Waals surface area (Å²) in [6.45, 7) is 5.36. The van der Waals surface area contributed by atoms with E-state index < -0.39 is 71.6 Å². The number of hydrogen-bond donors (Lipinski definition) is 2. The lowest BCUT2D eigenvalue weighted by atomic mass is 9.85. The normalized spacial score (nSPS) is 22.4. The van der Waals surface area contributed by atoms with Crippen LogP contribution < -0.4 is 10.2 Å². The van der Waals surface area contributed by atoms with Gasteiger partial charge in [0, 0.05) is 43.4 Å². The van der Waals surface area contributed by atoms with Gasteiger partial charge in [-0.3, -0.25) is 29.4 Å². The number of halogens is 5. The number of alkyl halides is 5. The molecule has 2 heterocycles. The highest BCUT2D eigenvalue weighted by atomic mass is 19.4. The topological polar surface area (TPSA) is 122 Å². The van der Waals surface area contributed by atoms with Crippen LogP contribution in [-0.2, 0) is 20.5 Å². The summed E-state index contributed by atoms with van der Waals surface area (Å²) in [6.07, 6.45) is -4.40. The van der Waals surface area contributed by atoms with Gasteiger partial charge in [-0.2, -0.15) is 18.4 Å². The van der Waals surface area contributed by atoms with E-state index >= 15 is 13.2 Å². The van der Waals surface area contributed by atoms with Crippen molar-refractivity contribution in [3.05, 3.63) is 54.1 Å². The van der Waals surface area contributed by atoms with Gasteiger partial charge in [-0.15, -0.1) is 0 Å². The van der Waals surface area contributed by atoms with Crippen LogP contribution in [0.4, 0.5) is 27.6 Å². The van der Waals surface area contributed by atoms with E-state index in [4.69, 9.17) is 0 Å². The second-order valence-electron chi connectivity index (χ2n) is 12.0. The molecule has 0 spiro atoms. The van der Waals surface area contributed by atoms with E-state index in [-0.39, 0.29) is 36.4 Å². The van der Waals surface area contributed by atoms with Gasteiger partial charge < -0.3 is 10.4 Å². The Morgan fingerprint density at radius 3 is 2.26 bits per heavy atom. The maximum atomic E-state index is 15.7. The summed E-state index contributed by atoms with van der Waals surface area (Å²) >= 11 is 0. The number of rotatable bonds is 6. The number of amides is 2. The van der Waals surface area contributed by atoms with Crippen molar-refractivity contribution in [2.45, 2.75) is 94.1 Å². The van der Waals surface area contributed by atoms with Crippen molar-refractivity contribution in [3.63, 3.8) is 0 Å². The lowest BCUT2D eigenvalue weighted by Crippen LogP contribution is -2.69. The Morgan fingerprint density at radius 2 is 1.74 bits per heavy atom. The quantitative estimate of drug-likeness (QED) is 0.373. The van der Waals surface area contributed by atoms with Crippen molar-refractivity contribution in [1.82, 2.24) is 20.2 Å². The number of carbonyl (C=O) groups excluding carboxylic acids is 2. The van der Waals surface area contributed by atoms with Gasteiger partial charge in [-0.05, 0) is 36.0 Å². The number of aromatic nitrogens is 2. The van der Waals surface area contributed by atoms with E-state index in [9.17, 15) is 28.7 Å². The average molecular weight is 609 g/mol. The molecule has 1 aromatic heterocycles. The Balaban J connectivity index is 1.95. The molecule has 1 saturated heterocycles. The van der Waals surface area contributed by atoms with E-state index in [0.717, 1.165) is 29.1 Å². The summed E-state index contributed by atoms with van der Waals surface area (Å²) in [5.74, 6) is -5.99. The second-order valence-corrected chi connectivity index (χ2v) is 12.0. The number of likely N-dealkylation sites (tertiary alicyclic amines) is 1. The zero-order valence-corrected chi connectivity index (χ0v) is 23.9. The molecule has 0 radical (unpaired) electrons. The maximum Gasteiger partial charge on any atom is 0.427 e. The molecular formula is C29H33F5N6O3. The number of benzene rings is 1. The van der Waals surface area contributed by atoms with Crippen molar-refractivity contribution >= 4 is 17.5 Å². The number of β-amino-alcohol motifs (C(OH)–C–C–N with tert-alkyl or cyclic N) is 1. The molecule has 2 amide bonds. The largest absolute Gasteiger partial charge is 0.427 e. The fourth-order valence-corrected chi connectivity index (χ4v) is 5.60. The molecule has 2 aromatic rings. The molecule has 4 rings (SSSR count). The van der Waals surface area contributed by atoms with Crippen molar-refractivity contribution < 1.29 is 36.6 Å². The highest BCUT2D eigenvalue weighted by Gasteiger charge is 2.69. The predicted octanol–water partition coefficient (Wildman–Crippen LogP) is 4.18. The van der Waals surface area contributed by atoms with Gasteiger partial charge in [-0.25, -0.2) is 8.78 Å². The average Bonchev–Trinajstić information content (AvgIpc) is 3.32. The molecule has 0 bridgehead atoms. The molecule has 14 heteroatoms. The van der Waals surface area contributed by atoms with Crippen LogP contribution in [0, 0.1) is 11.5 Å². The van der Waals surface area contributed by atoms with Crippen molar-refractivity contribution in [2.75, 3.05) is 11.4 Å². The fourth-order valence-electron chi connectivity index (χ4n) is 5.60. The number of nitrogens with one attached hydrogen (secondary N) is 1.